The van der Waals surface area contributed by atoms with Gasteiger partial charge in [-0.25, -0.2) is 0 Å². The maximum atomic E-state index is 11.3. The smallest absolute Gasteiger partial charge is 0.130 e. The molecule has 0 spiro atoms. The summed E-state index contributed by atoms with van der Waals surface area (Å²) < 4.78 is 0. The van der Waals surface area contributed by atoms with Gasteiger partial charge in [-0.05, 0) is 25.3 Å². The van der Waals surface area contributed by atoms with E-state index in [1.807, 2.05) is 0 Å². The predicted octanol–water partition coefficient (Wildman–Crippen LogP) is 4.16. The second-order valence-electron chi connectivity index (χ2n) is 6.10. The molecule has 0 aliphatic rings. The van der Waals surface area contributed by atoms with Crippen LogP contribution in [0.4, 0.5) is 0 Å². The highest BCUT2D eigenvalue weighted by atomic mass is 28.3. The van der Waals surface area contributed by atoms with E-state index in [0.29, 0.717) is 12.3 Å². The first kappa shape index (κ1) is 15.9. The molecule has 19 heavy (non-hydrogen) atoms. The van der Waals surface area contributed by atoms with Gasteiger partial charge in [0.05, 0.1) is 8.07 Å². The molecule has 104 valence electrons. The molecule has 0 saturated heterocycles. The summed E-state index contributed by atoms with van der Waals surface area (Å²) in [5, 5.41) is 1.47. The predicted molar refractivity (Wildman–Crippen MR) is 86.6 cm³/mol. The van der Waals surface area contributed by atoms with Crippen molar-refractivity contribution in [2.75, 3.05) is 0 Å². The van der Waals surface area contributed by atoms with E-state index in [1.54, 1.807) is 6.92 Å². The van der Waals surface area contributed by atoms with Crippen molar-refractivity contribution in [3.8, 4) is 0 Å². The average molecular weight is 274 g/mol. The lowest BCUT2D eigenvalue weighted by atomic mass is 9.93. The molecule has 0 amide bonds. The standard InChI is InChI=1S/C17H26OSi/c1-6-16(12-15(3)18)14(2)13-19(4,5)17-10-8-7-9-11-17/h7-11,16H,2,6,12-13H2,1,3-5H3. The van der Waals surface area contributed by atoms with Crippen molar-refractivity contribution in [2.24, 2.45) is 5.92 Å². The quantitative estimate of drug-likeness (QED) is 0.539. The topological polar surface area (TPSA) is 17.1 Å². The number of ketones is 1. The Balaban J connectivity index is 2.77. The SMILES string of the molecule is C=C(C[Si](C)(C)c1ccccc1)C(CC)CC(C)=O. The van der Waals surface area contributed by atoms with E-state index < -0.39 is 8.07 Å². The maximum absolute atomic E-state index is 11.3. The monoisotopic (exact) mass is 274 g/mol. The van der Waals surface area contributed by atoms with Crippen molar-refractivity contribution >= 4 is 19.0 Å². The van der Waals surface area contributed by atoms with Crippen LogP contribution in [0.5, 0.6) is 0 Å². The highest BCUT2D eigenvalue weighted by Gasteiger charge is 2.26. The van der Waals surface area contributed by atoms with Crippen molar-refractivity contribution in [1.29, 1.82) is 0 Å². The van der Waals surface area contributed by atoms with Crippen LogP contribution in [-0.2, 0) is 4.79 Å². The van der Waals surface area contributed by atoms with Crippen molar-refractivity contribution in [3.63, 3.8) is 0 Å². The van der Waals surface area contributed by atoms with Crippen LogP contribution >= 0.6 is 0 Å². The summed E-state index contributed by atoms with van der Waals surface area (Å²) in [6, 6.07) is 11.8. The van der Waals surface area contributed by atoms with E-state index in [1.165, 1.54) is 10.8 Å². The first-order chi connectivity index (χ1) is 8.86. The van der Waals surface area contributed by atoms with E-state index >= 15 is 0 Å². The van der Waals surface area contributed by atoms with Crippen LogP contribution in [0.25, 0.3) is 0 Å². The van der Waals surface area contributed by atoms with Gasteiger partial charge in [0.15, 0.2) is 0 Å². The number of carbonyl (C=O) groups excluding carboxylic acids is 1. The summed E-state index contributed by atoms with van der Waals surface area (Å²) >= 11 is 0. The molecular formula is C17H26OSi. The van der Waals surface area contributed by atoms with Crippen LogP contribution < -0.4 is 5.19 Å². The second kappa shape index (κ2) is 6.85. The first-order valence-corrected chi connectivity index (χ1v) is 10.3. The van der Waals surface area contributed by atoms with Crippen molar-refractivity contribution in [3.05, 3.63) is 42.5 Å². The molecule has 0 aliphatic heterocycles. The molecule has 1 aromatic carbocycles. The minimum atomic E-state index is -1.48. The molecular weight excluding hydrogens is 248 g/mol. The highest BCUT2D eigenvalue weighted by Crippen LogP contribution is 2.26. The van der Waals surface area contributed by atoms with E-state index in [2.05, 4.69) is 56.9 Å². The molecule has 1 aromatic rings. The molecule has 0 aliphatic carbocycles. The highest BCUT2D eigenvalue weighted by molar-refractivity contribution is 6.90. The van der Waals surface area contributed by atoms with E-state index in [-0.39, 0.29) is 5.78 Å². The third-order valence-corrected chi connectivity index (χ3v) is 7.06. The van der Waals surface area contributed by atoms with Gasteiger partial charge in [-0.3, -0.25) is 0 Å². The molecule has 0 saturated carbocycles. The Morgan fingerprint density at radius 3 is 2.32 bits per heavy atom. The number of benzene rings is 1. The fourth-order valence-electron chi connectivity index (χ4n) is 2.63. The van der Waals surface area contributed by atoms with Crippen LogP contribution in [0.1, 0.15) is 26.7 Å². The summed E-state index contributed by atoms with van der Waals surface area (Å²) in [6.45, 7) is 12.9. The lowest BCUT2D eigenvalue weighted by molar-refractivity contribution is -0.117. The lowest BCUT2D eigenvalue weighted by Gasteiger charge is -2.27. The third-order valence-electron chi connectivity index (χ3n) is 3.83. The summed E-state index contributed by atoms with van der Waals surface area (Å²) in [5.41, 5.74) is 1.26. The summed E-state index contributed by atoms with van der Waals surface area (Å²) in [4.78, 5) is 11.3. The molecule has 0 radical (unpaired) electrons. The fraction of sp³-hybridized carbons (Fsp3) is 0.471. The first-order valence-electron chi connectivity index (χ1n) is 7.09. The molecule has 0 aromatic heterocycles. The summed E-state index contributed by atoms with van der Waals surface area (Å²) in [7, 11) is -1.48. The Bertz CT molecular complexity index is 434. The molecule has 0 fully saturated rings. The molecule has 1 atom stereocenters. The zero-order valence-electron chi connectivity index (χ0n) is 12.7. The van der Waals surface area contributed by atoms with Crippen LogP contribution in [0.2, 0.25) is 19.1 Å². The van der Waals surface area contributed by atoms with Crippen molar-refractivity contribution < 1.29 is 4.79 Å². The van der Waals surface area contributed by atoms with Gasteiger partial charge in [0.2, 0.25) is 0 Å². The Labute approximate surface area is 118 Å². The molecule has 0 heterocycles. The van der Waals surface area contributed by atoms with Crippen LogP contribution in [-0.4, -0.2) is 13.9 Å². The van der Waals surface area contributed by atoms with Crippen molar-refractivity contribution in [1.82, 2.24) is 0 Å². The molecule has 2 heteroatoms. The van der Waals surface area contributed by atoms with Gasteiger partial charge in [-0.2, -0.15) is 0 Å². The normalized spacial score (nSPS) is 13.1. The Hall–Kier alpha value is -1.15. The van der Waals surface area contributed by atoms with E-state index in [4.69, 9.17) is 0 Å². The van der Waals surface area contributed by atoms with Crippen LogP contribution in [0, 0.1) is 5.92 Å². The Morgan fingerprint density at radius 2 is 1.84 bits per heavy atom. The average Bonchev–Trinajstić information content (AvgIpc) is 2.36. The van der Waals surface area contributed by atoms with Gasteiger partial charge < -0.3 is 4.79 Å². The number of hydrogen-bond donors (Lipinski definition) is 0. The Kier molecular flexibility index (Phi) is 5.74. The maximum Gasteiger partial charge on any atom is 0.130 e. The Morgan fingerprint density at radius 1 is 1.26 bits per heavy atom. The molecule has 1 rings (SSSR count). The summed E-state index contributed by atoms with van der Waals surface area (Å²) in [6.07, 6.45) is 1.66. The lowest BCUT2D eigenvalue weighted by Crippen LogP contribution is -2.41. The molecule has 1 nitrogen and oxygen atoms in total. The van der Waals surface area contributed by atoms with Crippen LogP contribution in [0.3, 0.4) is 0 Å². The second-order valence-corrected chi connectivity index (χ2v) is 10.8. The number of hydrogen-bond acceptors (Lipinski definition) is 1. The van der Waals surface area contributed by atoms with Crippen LogP contribution in [0.15, 0.2) is 42.5 Å². The molecule has 0 bridgehead atoms. The van der Waals surface area contributed by atoms with Gasteiger partial charge in [-0.1, -0.05) is 67.7 Å². The zero-order valence-corrected chi connectivity index (χ0v) is 13.7. The van der Waals surface area contributed by atoms with Gasteiger partial charge in [-0.15, -0.1) is 0 Å². The minimum Gasteiger partial charge on any atom is -0.300 e. The third kappa shape index (κ3) is 4.79. The molecule has 1 unspecified atom stereocenters. The summed E-state index contributed by atoms with van der Waals surface area (Å²) in [5.74, 6) is 0.625. The largest absolute Gasteiger partial charge is 0.300 e. The number of allylic oxidation sites excluding steroid dienone is 1. The number of carbonyl (C=O) groups is 1. The molecule has 0 N–H and O–H groups in total. The number of rotatable bonds is 7. The van der Waals surface area contributed by atoms with Gasteiger partial charge >= 0.3 is 0 Å². The van der Waals surface area contributed by atoms with E-state index in [0.717, 1.165) is 12.5 Å². The van der Waals surface area contributed by atoms with Gasteiger partial charge in [0.1, 0.15) is 5.78 Å². The minimum absolute atomic E-state index is 0.271. The van der Waals surface area contributed by atoms with E-state index in [9.17, 15) is 4.79 Å². The van der Waals surface area contributed by atoms with Gasteiger partial charge in [0.25, 0.3) is 0 Å². The van der Waals surface area contributed by atoms with Crippen molar-refractivity contribution in [2.45, 2.75) is 45.8 Å². The number of Topliss-reactive ketones (excluding diaryl/α,β-unsaturated/α-hetero) is 1. The fourth-order valence-corrected chi connectivity index (χ4v) is 5.35. The van der Waals surface area contributed by atoms with Gasteiger partial charge in [0, 0.05) is 6.42 Å². The zero-order chi connectivity index (χ0) is 14.5.